The largest absolute Gasteiger partial charge is 0.364 e. The van der Waals surface area contributed by atoms with E-state index in [-0.39, 0.29) is 22.7 Å². The van der Waals surface area contributed by atoms with E-state index in [9.17, 15) is 14.5 Å². The predicted octanol–water partition coefficient (Wildman–Crippen LogP) is 5.52. The Kier molecular flexibility index (Phi) is 5.01. The fourth-order valence-electron chi connectivity index (χ4n) is 3.16. The molecule has 2 heterocycles. The molecule has 3 aromatic rings. The molecule has 156 valence electrons. The molecule has 2 N–H and O–H groups in total. The first-order valence-electron chi connectivity index (χ1n) is 9.97. The second kappa shape index (κ2) is 7.51. The summed E-state index contributed by atoms with van der Waals surface area (Å²) in [5.74, 6) is 1.16. The van der Waals surface area contributed by atoms with E-state index >= 15 is 0 Å². The van der Waals surface area contributed by atoms with Crippen molar-refractivity contribution in [2.75, 3.05) is 11.9 Å². The normalized spacial score (nSPS) is 14.0. The maximum Gasteiger partial charge on any atom is 0.311 e. The Balaban J connectivity index is 1.79. The van der Waals surface area contributed by atoms with Gasteiger partial charge in [-0.2, -0.15) is 0 Å². The predicted molar refractivity (Wildman–Crippen MR) is 114 cm³/mol. The number of pyridine rings is 1. The molecule has 1 aliphatic rings. The highest BCUT2D eigenvalue weighted by Crippen LogP contribution is 2.42. The van der Waals surface area contributed by atoms with Crippen molar-refractivity contribution in [3.8, 4) is 22.6 Å². The van der Waals surface area contributed by atoms with Crippen LogP contribution in [-0.2, 0) is 0 Å². The first kappa shape index (κ1) is 20.0. The summed E-state index contributed by atoms with van der Waals surface area (Å²) >= 11 is 0. The van der Waals surface area contributed by atoms with Crippen LogP contribution in [0.15, 0.2) is 36.4 Å². The van der Waals surface area contributed by atoms with Crippen LogP contribution in [0.2, 0.25) is 0 Å². The van der Waals surface area contributed by atoms with E-state index in [1.165, 1.54) is 18.2 Å². The van der Waals surface area contributed by atoms with Gasteiger partial charge in [-0.25, -0.2) is 14.4 Å². The molecule has 0 amide bonds. The molecule has 0 aliphatic heterocycles. The van der Waals surface area contributed by atoms with Crippen LogP contribution in [0.1, 0.15) is 45.4 Å². The first-order valence-corrected chi connectivity index (χ1v) is 9.97. The number of halogens is 1. The van der Waals surface area contributed by atoms with E-state index in [1.807, 2.05) is 20.8 Å². The standard InChI is InChI=1S/C22H24FN5O2/c1-22(2,3)12-24-21-17(28(29)30)11-10-16(25-21)19-18(13-6-8-15(23)9-7-13)26-20(27-19)14-4-5-14/h6-11,14H,4-5,12H2,1-3H3,(H,24,25)(H,26,27). The molecule has 1 saturated carbocycles. The summed E-state index contributed by atoms with van der Waals surface area (Å²) in [7, 11) is 0. The number of anilines is 1. The molecule has 0 spiro atoms. The summed E-state index contributed by atoms with van der Waals surface area (Å²) in [6.45, 7) is 6.66. The maximum absolute atomic E-state index is 13.4. The molecule has 4 rings (SSSR count). The number of benzene rings is 1. The summed E-state index contributed by atoms with van der Waals surface area (Å²) < 4.78 is 13.4. The van der Waals surface area contributed by atoms with Crippen molar-refractivity contribution in [1.82, 2.24) is 15.0 Å². The highest BCUT2D eigenvalue weighted by Gasteiger charge is 2.29. The molecule has 2 aromatic heterocycles. The number of H-pyrrole nitrogens is 1. The Labute approximate surface area is 173 Å². The van der Waals surface area contributed by atoms with Crippen LogP contribution in [0.5, 0.6) is 0 Å². The van der Waals surface area contributed by atoms with Gasteiger partial charge in [0.2, 0.25) is 5.82 Å². The lowest BCUT2D eigenvalue weighted by molar-refractivity contribution is -0.384. The van der Waals surface area contributed by atoms with E-state index in [2.05, 4.69) is 15.3 Å². The van der Waals surface area contributed by atoms with Gasteiger partial charge in [0.1, 0.15) is 11.6 Å². The van der Waals surface area contributed by atoms with E-state index in [0.717, 1.165) is 24.2 Å². The minimum atomic E-state index is -0.439. The zero-order valence-corrected chi connectivity index (χ0v) is 17.2. The van der Waals surface area contributed by atoms with Gasteiger partial charge in [-0.15, -0.1) is 0 Å². The zero-order valence-electron chi connectivity index (χ0n) is 17.2. The van der Waals surface area contributed by atoms with Crippen LogP contribution in [0.25, 0.3) is 22.6 Å². The molecule has 0 unspecified atom stereocenters. The lowest BCUT2D eigenvalue weighted by atomic mass is 9.97. The van der Waals surface area contributed by atoms with Gasteiger partial charge in [-0.05, 0) is 48.6 Å². The zero-order chi connectivity index (χ0) is 21.5. The molecule has 0 bridgehead atoms. The highest BCUT2D eigenvalue weighted by molar-refractivity contribution is 5.78. The molecule has 8 heteroatoms. The maximum atomic E-state index is 13.4. The van der Waals surface area contributed by atoms with Gasteiger partial charge >= 0.3 is 5.69 Å². The number of nitrogens with zero attached hydrogens (tertiary/aromatic N) is 3. The molecule has 7 nitrogen and oxygen atoms in total. The summed E-state index contributed by atoms with van der Waals surface area (Å²) in [6.07, 6.45) is 2.14. The second-order valence-electron chi connectivity index (χ2n) is 8.86. The van der Waals surface area contributed by atoms with Crippen LogP contribution < -0.4 is 5.32 Å². The summed E-state index contributed by atoms with van der Waals surface area (Å²) in [5, 5.41) is 14.6. The molecular formula is C22H24FN5O2. The minimum Gasteiger partial charge on any atom is -0.364 e. The molecule has 1 aliphatic carbocycles. The number of nitrogens with one attached hydrogen (secondary N) is 2. The van der Waals surface area contributed by atoms with Crippen LogP contribution in [0.4, 0.5) is 15.9 Å². The van der Waals surface area contributed by atoms with Crippen LogP contribution in [0, 0.1) is 21.3 Å². The monoisotopic (exact) mass is 409 g/mol. The summed E-state index contributed by atoms with van der Waals surface area (Å²) in [5.41, 5.74) is 2.51. The van der Waals surface area contributed by atoms with E-state index in [4.69, 9.17) is 4.98 Å². The van der Waals surface area contributed by atoms with Gasteiger partial charge in [0.15, 0.2) is 0 Å². The van der Waals surface area contributed by atoms with Crippen molar-refractivity contribution in [2.45, 2.75) is 39.5 Å². The molecule has 30 heavy (non-hydrogen) atoms. The number of rotatable bonds is 6. The van der Waals surface area contributed by atoms with Gasteiger partial charge < -0.3 is 10.3 Å². The van der Waals surface area contributed by atoms with Crippen molar-refractivity contribution in [3.63, 3.8) is 0 Å². The van der Waals surface area contributed by atoms with Gasteiger partial charge in [0.25, 0.3) is 0 Å². The number of hydrogen-bond acceptors (Lipinski definition) is 5. The van der Waals surface area contributed by atoms with Crippen LogP contribution >= 0.6 is 0 Å². The Bertz CT molecular complexity index is 1080. The average molecular weight is 409 g/mol. The van der Waals surface area contributed by atoms with Crippen molar-refractivity contribution in [3.05, 3.63) is 58.2 Å². The number of aromatic nitrogens is 3. The molecule has 0 radical (unpaired) electrons. The topological polar surface area (TPSA) is 96.7 Å². The Morgan fingerprint density at radius 3 is 2.47 bits per heavy atom. The average Bonchev–Trinajstić information content (AvgIpc) is 3.45. The molecular weight excluding hydrogens is 385 g/mol. The Morgan fingerprint density at radius 1 is 1.17 bits per heavy atom. The van der Waals surface area contributed by atoms with Crippen LogP contribution in [-0.4, -0.2) is 26.4 Å². The van der Waals surface area contributed by atoms with Crippen molar-refractivity contribution in [1.29, 1.82) is 0 Å². The Morgan fingerprint density at radius 2 is 1.87 bits per heavy atom. The lowest BCUT2D eigenvalue weighted by Gasteiger charge is -2.19. The minimum absolute atomic E-state index is 0.0715. The number of nitro groups is 1. The Hall–Kier alpha value is -3.29. The smallest absolute Gasteiger partial charge is 0.311 e. The third kappa shape index (κ3) is 4.32. The fourth-order valence-corrected chi connectivity index (χ4v) is 3.16. The second-order valence-corrected chi connectivity index (χ2v) is 8.86. The third-order valence-electron chi connectivity index (χ3n) is 4.92. The molecule has 1 fully saturated rings. The van der Waals surface area contributed by atoms with Gasteiger partial charge in [0.05, 0.1) is 22.0 Å². The van der Waals surface area contributed by atoms with Crippen molar-refractivity contribution < 1.29 is 9.31 Å². The number of imidazole rings is 1. The SMILES string of the molecule is CC(C)(C)CNc1nc(-c2[nH]c(C3CC3)nc2-c2ccc(F)cc2)ccc1[N+](=O)[O-]. The molecule has 0 saturated heterocycles. The quantitative estimate of drug-likeness (QED) is 0.413. The van der Waals surface area contributed by atoms with Gasteiger partial charge in [0, 0.05) is 24.1 Å². The van der Waals surface area contributed by atoms with E-state index < -0.39 is 4.92 Å². The highest BCUT2D eigenvalue weighted by atomic mass is 19.1. The molecule has 0 atom stereocenters. The van der Waals surface area contributed by atoms with Gasteiger partial charge in [-0.1, -0.05) is 20.8 Å². The number of hydrogen-bond donors (Lipinski definition) is 2. The van der Waals surface area contributed by atoms with Gasteiger partial charge in [-0.3, -0.25) is 10.1 Å². The van der Waals surface area contributed by atoms with Crippen molar-refractivity contribution >= 4 is 11.5 Å². The summed E-state index contributed by atoms with van der Waals surface area (Å²) in [4.78, 5) is 23.7. The fraction of sp³-hybridized carbons (Fsp3) is 0.364. The lowest BCUT2D eigenvalue weighted by Crippen LogP contribution is -2.20. The van der Waals surface area contributed by atoms with Crippen LogP contribution in [0.3, 0.4) is 0 Å². The van der Waals surface area contributed by atoms with E-state index in [1.54, 1.807) is 18.2 Å². The van der Waals surface area contributed by atoms with E-state index in [0.29, 0.717) is 29.5 Å². The third-order valence-corrected chi connectivity index (χ3v) is 4.92. The summed E-state index contributed by atoms with van der Waals surface area (Å²) in [6, 6.07) is 9.22. The molecule has 1 aromatic carbocycles. The first-order chi connectivity index (χ1) is 14.2. The number of aromatic amines is 1. The van der Waals surface area contributed by atoms with Crippen molar-refractivity contribution in [2.24, 2.45) is 5.41 Å².